The summed E-state index contributed by atoms with van der Waals surface area (Å²) in [6.07, 6.45) is 9.03. The molecule has 0 N–H and O–H groups in total. The van der Waals surface area contributed by atoms with Gasteiger partial charge < -0.3 is 0 Å². The molecule has 0 aliphatic heterocycles. The highest BCUT2D eigenvalue weighted by Gasteiger charge is 2.31. The number of alkyl halides is 1. The van der Waals surface area contributed by atoms with Crippen LogP contribution in [0.5, 0.6) is 0 Å². The second-order valence-electron chi connectivity index (χ2n) is 5.54. The maximum atomic E-state index is 6.25. The summed E-state index contributed by atoms with van der Waals surface area (Å²) < 4.78 is 0. The summed E-state index contributed by atoms with van der Waals surface area (Å²) in [6.45, 7) is 2.20. The Kier molecular flexibility index (Phi) is 4.50. The van der Waals surface area contributed by atoms with Gasteiger partial charge in [-0.05, 0) is 42.2 Å². The van der Waals surface area contributed by atoms with Gasteiger partial charge in [-0.3, -0.25) is 0 Å². The first-order valence-electron chi connectivity index (χ1n) is 6.92. The first-order valence-corrected chi connectivity index (χ1v) is 7.45. The topological polar surface area (TPSA) is 0 Å². The van der Waals surface area contributed by atoms with E-state index in [-0.39, 0.29) is 0 Å². The maximum Gasteiger partial charge on any atom is 0.0283 e. The number of benzene rings is 1. The molecule has 2 rings (SSSR count). The van der Waals surface area contributed by atoms with Gasteiger partial charge in [-0.2, -0.15) is 0 Å². The van der Waals surface area contributed by atoms with Crippen molar-refractivity contribution in [3.8, 4) is 0 Å². The smallest absolute Gasteiger partial charge is 0.0283 e. The average molecular weight is 251 g/mol. The number of hydrogen-bond donors (Lipinski definition) is 0. The predicted octanol–water partition coefficient (Wildman–Crippen LogP) is 4.98. The minimum atomic E-state index is 0.382. The second kappa shape index (κ2) is 5.91. The highest BCUT2D eigenvalue weighted by atomic mass is 35.5. The molecule has 0 nitrogen and oxygen atoms in total. The fourth-order valence-electron chi connectivity index (χ4n) is 2.99. The molecule has 0 amide bonds. The zero-order valence-corrected chi connectivity index (χ0v) is 11.6. The van der Waals surface area contributed by atoms with Crippen LogP contribution in [0.4, 0.5) is 0 Å². The third kappa shape index (κ3) is 3.25. The first-order chi connectivity index (χ1) is 8.28. The summed E-state index contributed by atoms with van der Waals surface area (Å²) >= 11 is 6.25. The molecule has 1 aliphatic rings. The molecular weight excluding hydrogens is 228 g/mol. The van der Waals surface area contributed by atoms with Gasteiger partial charge in [0.15, 0.2) is 0 Å². The largest absolute Gasteiger partial charge is 0.126 e. The Balaban J connectivity index is 2.06. The SMILES string of the molecule is CCc1ccc(CC2(CCl)CCCCC2)cc1. The highest BCUT2D eigenvalue weighted by molar-refractivity contribution is 6.18. The lowest BCUT2D eigenvalue weighted by Gasteiger charge is -2.35. The molecule has 1 fully saturated rings. The molecule has 1 saturated carbocycles. The van der Waals surface area contributed by atoms with E-state index in [0.29, 0.717) is 5.41 Å². The van der Waals surface area contributed by atoms with Crippen LogP contribution >= 0.6 is 11.6 Å². The fraction of sp³-hybridized carbons (Fsp3) is 0.625. The molecule has 1 heteroatoms. The molecule has 1 aliphatic carbocycles. The molecule has 0 bridgehead atoms. The van der Waals surface area contributed by atoms with Crippen molar-refractivity contribution in [1.82, 2.24) is 0 Å². The fourth-order valence-corrected chi connectivity index (χ4v) is 3.35. The van der Waals surface area contributed by atoms with E-state index in [4.69, 9.17) is 11.6 Å². The van der Waals surface area contributed by atoms with Crippen molar-refractivity contribution >= 4 is 11.6 Å². The van der Waals surface area contributed by atoms with Crippen molar-refractivity contribution in [2.75, 3.05) is 5.88 Å². The summed E-state index contributed by atoms with van der Waals surface area (Å²) in [4.78, 5) is 0. The van der Waals surface area contributed by atoms with Crippen LogP contribution in [0.1, 0.15) is 50.2 Å². The molecule has 17 heavy (non-hydrogen) atoms. The molecular formula is C16H23Cl. The van der Waals surface area contributed by atoms with E-state index in [9.17, 15) is 0 Å². The van der Waals surface area contributed by atoms with E-state index in [1.807, 2.05) is 0 Å². The maximum absolute atomic E-state index is 6.25. The molecule has 0 saturated heterocycles. The van der Waals surface area contributed by atoms with Crippen molar-refractivity contribution in [1.29, 1.82) is 0 Å². The zero-order chi connectivity index (χ0) is 12.1. The molecule has 0 aromatic heterocycles. The Morgan fingerprint density at radius 2 is 1.59 bits per heavy atom. The van der Waals surface area contributed by atoms with Crippen LogP contribution in [0.2, 0.25) is 0 Å². The Hall–Kier alpha value is -0.490. The summed E-state index contributed by atoms with van der Waals surface area (Å²) in [7, 11) is 0. The number of rotatable bonds is 4. The van der Waals surface area contributed by atoms with E-state index >= 15 is 0 Å². The number of aryl methyl sites for hydroxylation is 1. The molecule has 94 valence electrons. The lowest BCUT2D eigenvalue weighted by atomic mass is 9.72. The molecule has 0 radical (unpaired) electrons. The van der Waals surface area contributed by atoms with Gasteiger partial charge >= 0.3 is 0 Å². The third-order valence-corrected chi connectivity index (χ3v) is 4.77. The van der Waals surface area contributed by atoms with Gasteiger partial charge in [0.05, 0.1) is 0 Å². The van der Waals surface area contributed by atoms with Gasteiger partial charge in [0.25, 0.3) is 0 Å². The van der Waals surface area contributed by atoms with Crippen LogP contribution in [0.25, 0.3) is 0 Å². The third-order valence-electron chi connectivity index (χ3n) is 4.21. The average Bonchev–Trinajstić information content (AvgIpc) is 2.41. The molecule has 0 spiro atoms. The van der Waals surface area contributed by atoms with E-state index in [1.54, 1.807) is 0 Å². The summed E-state index contributed by atoms with van der Waals surface area (Å²) in [5.74, 6) is 0.822. The summed E-state index contributed by atoms with van der Waals surface area (Å²) in [5, 5.41) is 0. The standard InChI is InChI=1S/C16H23Cl/c1-2-14-6-8-15(9-7-14)12-16(13-17)10-4-3-5-11-16/h6-9H,2-5,10-13H2,1H3. The Labute approximate surface area is 110 Å². The van der Waals surface area contributed by atoms with Gasteiger partial charge in [0, 0.05) is 5.88 Å². The van der Waals surface area contributed by atoms with Crippen LogP contribution in [0.3, 0.4) is 0 Å². The normalized spacial score (nSPS) is 19.2. The molecule has 1 aromatic rings. The number of halogens is 1. The predicted molar refractivity (Wildman–Crippen MR) is 75.8 cm³/mol. The molecule has 0 unspecified atom stereocenters. The summed E-state index contributed by atoms with van der Waals surface area (Å²) in [6, 6.07) is 9.11. The van der Waals surface area contributed by atoms with E-state index in [2.05, 4.69) is 31.2 Å². The van der Waals surface area contributed by atoms with Gasteiger partial charge in [-0.15, -0.1) is 11.6 Å². The minimum Gasteiger partial charge on any atom is -0.126 e. The van der Waals surface area contributed by atoms with E-state index < -0.39 is 0 Å². The Morgan fingerprint density at radius 3 is 2.12 bits per heavy atom. The van der Waals surface area contributed by atoms with Crippen LogP contribution in [0, 0.1) is 5.41 Å². The monoisotopic (exact) mass is 250 g/mol. The van der Waals surface area contributed by atoms with Crippen LogP contribution in [0.15, 0.2) is 24.3 Å². The van der Waals surface area contributed by atoms with Gasteiger partial charge in [0.1, 0.15) is 0 Å². The molecule has 0 atom stereocenters. The highest BCUT2D eigenvalue weighted by Crippen LogP contribution is 2.40. The lowest BCUT2D eigenvalue weighted by Crippen LogP contribution is -2.28. The van der Waals surface area contributed by atoms with Crippen molar-refractivity contribution in [3.63, 3.8) is 0 Å². The lowest BCUT2D eigenvalue weighted by molar-refractivity contribution is 0.219. The second-order valence-corrected chi connectivity index (χ2v) is 5.81. The van der Waals surface area contributed by atoms with Crippen LogP contribution in [-0.2, 0) is 12.8 Å². The minimum absolute atomic E-state index is 0.382. The van der Waals surface area contributed by atoms with Gasteiger partial charge in [-0.1, -0.05) is 50.5 Å². The Morgan fingerprint density at radius 1 is 1.00 bits per heavy atom. The zero-order valence-electron chi connectivity index (χ0n) is 10.8. The van der Waals surface area contributed by atoms with Crippen molar-refractivity contribution < 1.29 is 0 Å². The van der Waals surface area contributed by atoms with E-state index in [0.717, 1.165) is 12.3 Å². The van der Waals surface area contributed by atoms with Crippen molar-refractivity contribution in [2.24, 2.45) is 5.41 Å². The van der Waals surface area contributed by atoms with Gasteiger partial charge in [0.2, 0.25) is 0 Å². The van der Waals surface area contributed by atoms with Crippen LogP contribution in [-0.4, -0.2) is 5.88 Å². The van der Waals surface area contributed by atoms with E-state index in [1.165, 1.54) is 49.7 Å². The van der Waals surface area contributed by atoms with Crippen molar-refractivity contribution in [3.05, 3.63) is 35.4 Å². The molecule has 1 aromatic carbocycles. The number of hydrogen-bond acceptors (Lipinski definition) is 0. The molecule has 0 heterocycles. The van der Waals surface area contributed by atoms with Crippen molar-refractivity contribution in [2.45, 2.75) is 51.9 Å². The summed E-state index contributed by atoms with van der Waals surface area (Å²) in [5.41, 5.74) is 3.27. The first kappa shape index (κ1) is 13.0. The Bertz CT molecular complexity index is 333. The quantitative estimate of drug-likeness (QED) is 0.661. The van der Waals surface area contributed by atoms with Gasteiger partial charge in [-0.25, -0.2) is 0 Å². The van der Waals surface area contributed by atoms with Crippen LogP contribution < -0.4 is 0 Å².